The summed E-state index contributed by atoms with van der Waals surface area (Å²) in [6.45, 7) is 2.45. The largest absolute Gasteiger partial charge is 0.481 e. The van der Waals surface area contributed by atoms with Crippen LogP contribution in [0, 0.1) is 11.8 Å². The molecule has 1 aliphatic heterocycles. The molecule has 1 N–H and O–H groups in total. The molecule has 0 saturated heterocycles. The zero-order valence-electron chi connectivity index (χ0n) is 12.0. The lowest BCUT2D eigenvalue weighted by Gasteiger charge is -2.43. The third-order valence-corrected chi connectivity index (χ3v) is 4.79. The van der Waals surface area contributed by atoms with E-state index in [1.54, 1.807) is 7.11 Å². The molecule has 0 amide bonds. The van der Waals surface area contributed by atoms with Crippen molar-refractivity contribution in [2.45, 2.75) is 44.8 Å². The maximum atomic E-state index is 12.4. The molecule has 20 heavy (non-hydrogen) atoms. The van der Waals surface area contributed by atoms with Gasteiger partial charge in [0.1, 0.15) is 5.92 Å². The van der Waals surface area contributed by atoms with Crippen molar-refractivity contribution in [3.05, 3.63) is 11.3 Å². The summed E-state index contributed by atoms with van der Waals surface area (Å²) in [5, 5.41) is 9.29. The summed E-state index contributed by atoms with van der Waals surface area (Å²) in [5.74, 6) is -1.73. The first-order valence-corrected chi connectivity index (χ1v) is 7.34. The summed E-state index contributed by atoms with van der Waals surface area (Å²) >= 11 is 0. The molecule has 1 fully saturated rings. The van der Waals surface area contributed by atoms with Crippen molar-refractivity contribution in [1.29, 1.82) is 0 Å². The Hall–Kier alpha value is -1.36. The van der Waals surface area contributed by atoms with Crippen LogP contribution in [0.1, 0.15) is 32.6 Å². The van der Waals surface area contributed by atoms with Crippen LogP contribution >= 0.6 is 0 Å². The monoisotopic (exact) mass is 279 g/mol. The van der Waals surface area contributed by atoms with Crippen LogP contribution in [0.3, 0.4) is 0 Å². The van der Waals surface area contributed by atoms with Crippen molar-refractivity contribution in [3.63, 3.8) is 0 Å². The average Bonchev–Trinajstić information content (AvgIpc) is 3.23. The lowest BCUT2D eigenvalue weighted by Crippen LogP contribution is -2.50. The molecule has 3 rings (SSSR count). The number of nitrogens with zero attached hydrogens (tertiary/aromatic N) is 1. The zero-order valence-corrected chi connectivity index (χ0v) is 12.0. The van der Waals surface area contributed by atoms with Gasteiger partial charge in [-0.2, -0.15) is 0 Å². The number of rotatable bonds is 3. The average molecular weight is 279 g/mol. The highest BCUT2D eigenvalue weighted by Crippen LogP contribution is 2.43. The van der Waals surface area contributed by atoms with E-state index in [0.717, 1.165) is 25.0 Å². The van der Waals surface area contributed by atoms with Crippen LogP contribution in [0.5, 0.6) is 0 Å². The highest BCUT2D eigenvalue weighted by Gasteiger charge is 2.47. The molecule has 0 spiro atoms. The normalized spacial score (nSPS) is 34.2. The quantitative estimate of drug-likeness (QED) is 0.792. The molecule has 3 aliphatic rings. The van der Waals surface area contributed by atoms with Gasteiger partial charge < -0.3 is 14.7 Å². The van der Waals surface area contributed by atoms with Crippen LogP contribution in [0.15, 0.2) is 11.3 Å². The summed E-state index contributed by atoms with van der Waals surface area (Å²) in [7, 11) is 1.68. The highest BCUT2D eigenvalue weighted by atomic mass is 16.5. The molecule has 3 atom stereocenters. The summed E-state index contributed by atoms with van der Waals surface area (Å²) < 4.78 is 5.63. The molecule has 0 aromatic rings. The number of carbonyl (C=O) groups excluding carboxylic acids is 1. The SMILES string of the molecule is COC1C2=C(CCC1C)C(=O)C(C(=O)O)CN2C1CC1. The molecule has 1 saturated carbocycles. The van der Waals surface area contributed by atoms with Crippen LogP contribution in [0.2, 0.25) is 0 Å². The number of Topliss-reactive ketones (excluding diaryl/α,β-unsaturated/α-hetero) is 1. The van der Waals surface area contributed by atoms with E-state index in [0.29, 0.717) is 30.5 Å². The van der Waals surface area contributed by atoms with E-state index in [2.05, 4.69) is 11.8 Å². The molecule has 0 bridgehead atoms. The van der Waals surface area contributed by atoms with Gasteiger partial charge in [0.15, 0.2) is 5.78 Å². The van der Waals surface area contributed by atoms with Crippen LogP contribution in [-0.4, -0.2) is 47.6 Å². The second kappa shape index (κ2) is 4.88. The van der Waals surface area contributed by atoms with Gasteiger partial charge in [0.05, 0.1) is 11.8 Å². The van der Waals surface area contributed by atoms with Crippen LogP contribution in [0.4, 0.5) is 0 Å². The standard InChI is InChI=1S/C15H21NO4/c1-8-3-6-10-12(14(8)20-2)16(9-4-5-9)7-11(13(10)17)15(18)19/h8-9,11,14H,3-7H2,1-2H3,(H,18,19). The van der Waals surface area contributed by atoms with Gasteiger partial charge in [0.2, 0.25) is 0 Å². The van der Waals surface area contributed by atoms with Crippen molar-refractivity contribution in [2.75, 3.05) is 13.7 Å². The third kappa shape index (κ3) is 2.04. The second-order valence-corrected chi connectivity index (χ2v) is 6.17. The Balaban J connectivity index is 2.03. The number of ether oxygens (including phenoxy) is 1. The first-order valence-electron chi connectivity index (χ1n) is 7.34. The van der Waals surface area contributed by atoms with Crippen molar-refractivity contribution >= 4 is 11.8 Å². The number of hydrogen-bond donors (Lipinski definition) is 1. The number of carboxylic acid groups (broad SMARTS) is 1. The fraction of sp³-hybridized carbons (Fsp3) is 0.733. The number of ketones is 1. The Morgan fingerprint density at radius 1 is 1.35 bits per heavy atom. The minimum atomic E-state index is -1.00. The van der Waals surface area contributed by atoms with E-state index in [9.17, 15) is 14.7 Å². The number of methoxy groups -OCH3 is 1. The number of hydrogen-bond acceptors (Lipinski definition) is 4. The fourth-order valence-corrected chi connectivity index (χ4v) is 3.53. The van der Waals surface area contributed by atoms with Gasteiger partial charge in [-0.3, -0.25) is 9.59 Å². The topological polar surface area (TPSA) is 66.8 Å². The zero-order chi connectivity index (χ0) is 14.4. The van der Waals surface area contributed by atoms with Crippen LogP contribution < -0.4 is 0 Å². The highest BCUT2D eigenvalue weighted by molar-refractivity contribution is 6.09. The van der Waals surface area contributed by atoms with Crippen molar-refractivity contribution in [1.82, 2.24) is 4.90 Å². The van der Waals surface area contributed by atoms with Crippen molar-refractivity contribution in [2.24, 2.45) is 11.8 Å². The maximum absolute atomic E-state index is 12.4. The van der Waals surface area contributed by atoms with Gasteiger partial charge in [0.25, 0.3) is 0 Å². The molecule has 0 radical (unpaired) electrons. The Morgan fingerprint density at radius 2 is 2.05 bits per heavy atom. The molecule has 0 aromatic carbocycles. The Labute approximate surface area is 118 Å². The number of carbonyl (C=O) groups is 2. The molecular weight excluding hydrogens is 258 g/mol. The van der Waals surface area contributed by atoms with E-state index in [1.165, 1.54) is 0 Å². The van der Waals surface area contributed by atoms with E-state index in [4.69, 9.17) is 4.74 Å². The predicted molar refractivity (Wildman–Crippen MR) is 72.1 cm³/mol. The van der Waals surface area contributed by atoms with E-state index in [-0.39, 0.29) is 11.9 Å². The van der Waals surface area contributed by atoms with Crippen LogP contribution in [-0.2, 0) is 14.3 Å². The molecule has 2 aliphatic carbocycles. The second-order valence-electron chi connectivity index (χ2n) is 6.17. The van der Waals surface area contributed by atoms with Crippen molar-refractivity contribution < 1.29 is 19.4 Å². The van der Waals surface area contributed by atoms with E-state index >= 15 is 0 Å². The lowest BCUT2D eigenvalue weighted by atomic mass is 9.78. The van der Waals surface area contributed by atoms with Crippen LogP contribution in [0.25, 0.3) is 0 Å². The first-order chi connectivity index (χ1) is 9.54. The van der Waals surface area contributed by atoms with E-state index < -0.39 is 11.9 Å². The van der Waals surface area contributed by atoms with Gasteiger partial charge in [-0.25, -0.2) is 0 Å². The molecule has 0 aromatic heterocycles. The molecule has 110 valence electrons. The number of aliphatic carboxylic acids is 1. The summed E-state index contributed by atoms with van der Waals surface area (Å²) in [6.07, 6.45) is 3.67. The predicted octanol–water partition coefficient (Wildman–Crippen LogP) is 1.43. The molecule has 5 nitrogen and oxygen atoms in total. The third-order valence-electron chi connectivity index (χ3n) is 4.79. The van der Waals surface area contributed by atoms with Crippen molar-refractivity contribution in [3.8, 4) is 0 Å². The number of allylic oxidation sites excluding steroid dienone is 1. The Morgan fingerprint density at radius 3 is 2.60 bits per heavy atom. The molecule has 3 unspecified atom stereocenters. The van der Waals surface area contributed by atoms with Gasteiger partial charge in [-0.05, 0) is 31.6 Å². The number of carboxylic acids is 1. The fourth-order valence-electron chi connectivity index (χ4n) is 3.53. The van der Waals surface area contributed by atoms with Gasteiger partial charge >= 0.3 is 5.97 Å². The molecule has 5 heteroatoms. The van der Waals surface area contributed by atoms with E-state index in [1.807, 2.05) is 0 Å². The van der Waals surface area contributed by atoms with Gasteiger partial charge in [0, 0.05) is 25.3 Å². The lowest BCUT2D eigenvalue weighted by molar-refractivity contribution is -0.147. The molecular formula is C15H21NO4. The maximum Gasteiger partial charge on any atom is 0.316 e. The molecule has 1 heterocycles. The first kappa shape index (κ1) is 13.6. The van der Waals surface area contributed by atoms with Gasteiger partial charge in [-0.15, -0.1) is 0 Å². The summed E-state index contributed by atoms with van der Waals surface area (Å²) in [4.78, 5) is 25.9. The minimum Gasteiger partial charge on any atom is -0.481 e. The smallest absolute Gasteiger partial charge is 0.316 e. The Bertz CT molecular complexity index is 480. The summed E-state index contributed by atoms with van der Waals surface area (Å²) in [5.41, 5.74) is 1.69. The van der Waals surface area contributed by atoms with Gasteiger partial charge in [-0.1, -0.05) is 6.92 Å². The Kier molecular flexibility index (Phi) is 3.32. The minimum absolute atomic E-state index is 0.0713. The summed E-state index contributed by atoms with van der Waals surface area (Å²) in [6, 6.07) is 0.401.